The quantitative estimate of drug-likeness (QED) is 0.437. The second-order valence-corrected chi connectivity index (χ2v) is 7.47. The number of Topliss-reactive ketones (excluding diaryl/α,β-unsaturated/α-hetero) is 2. The molecular formula is C24H28ClNO4. The third-order valence-corrected chi connectivity index (χ3v) is 6.06. The largest absolute Gasteiger partial charge is 1.00 e. The molecule has 0 amide bonds. The maximum absolute atomic E-state index is 13.5. The van der Waals surface area contributed by atoms with Crippen LogP contribution in [0, 0.1) is 5.92 Å². The second-order valence-electron chi connectivity index (χ2n) is 7.47. The van der Waals surface area contributed by atoms with E-state index in [4.69, 9.17) is 4.74 Å². The number of ketones is 2. The van der Waals surface area contributed by atoms with Crippen LogP contribution >= 0.6 is 0 Å². The Kier molecular flexibility index (Phi) is 7.93. The van der Waals surface area contributed by atoms with Crippen molar-refractivity contribution < 1.29 is 36.4 Å². The topological polar surface area (TPSA) is 64.9 Å². The van der Waals surface area contributed by atoms with Crippen LogP contribution < -0.4 is 17.3 Å². The molecule has 0 radical (unpaired) electrons. The Balaban J connectivity index is 0.00000320. The minimum absolute atomic E-state index is 0. The number of carbonyl (C=O) groups is 3. The number of hydrogen-bond donors (Lipinski definition) is 1. The van der Waals surface area contributed by atoms with Gasteiger partial charge in [-0.1, -0.05) is 61.5 Å². The summed E-state index contributed by atoms with van der Waals surface area (Å²) in [5, 5.41) is 0. The van der Waals surface area contributed by atoms with E-state index in [9.17, 15) is 14.4 Å². The number of quaternary nitrogens is 1. The van der Waals surface area contributed by atoms with Gasteiger partial charge in [-0.3, -0.25) is 14.4 Å². The van der Waals surface area contributed by atoms with Crippen molar-refractivity contribution >= 4 is 17.5 Å². The number of hydrogen-bond acceptors (Lipinski definition) is 4. The van der Waals surface area contributed by atoms with E-state index in [1.165, 1.54) is 4.90 Å². The summed E-state index contributed by atoms with van der Waals surface area (Å²) in [6.07, 6.45) is 0. The molecule has 1 aliphatic rings. The van der Waals surface area contributed by atoms with E-state index in [1.54, 1.807) is 55.5 Å². The van der Waals surface area contributed by atoms with Crippen molar-refractivity contribution in [1.29, 1.82) is 0 Å². The summed E-state index contributed by atoms with van der Waals surface area (Å²) in [7, 11) is 0. The van der Waals surface area contributed by atoms with Gasteiger partial charge in [0.25, 0.3) is 0 Å². The molecule has 0 aromatic heterocycles. The Labute approximate surface area is 183 Å². The van der Waals surface area contributed by atoms with E-state index in [2.05, 4.69) is 13.8 Å². The number of ether oxygens (including phenoxy) is 1. The number of fused-ring (bicyclic) bond motifs is 1. The molecule has 2 aromatic rings. The number of rotatable bonds is 8. The fourth-order valence-corrected chi connectivity index (χ4v) is 4.21. The van der Waals surface area contributed by atoms with Gasteiger partial charge in [0.15, 0.2) is 11.6 Å². The first-order valence-electron chi connectivity index (χ1n) is 10.2. The van der Waals surface area contributed by atoms with Gasteiger partial charge in [0.05, 0.1) is 19.0 Å². The summed E-state index contributed by atoms with van der Waals surface area (Å²) >= 11 is 0. The zero-order valence-corrected chi connectivity index (χ0v) is 18.4. The summed E-state index contributed by atoms with van der Waals surface area (Å²) in [4.78, 5) is 41.3. The molecule has 0 heterocycles. The standard InChI is InChI=1S/C24H27NO4.ClH/c1-4-25(5-2)15-16-29-23(28)17(3)24(18-11-7-6-8-12-18)21(26)19-13-9-10-14-20(19)22(24)27;/h6-14,17H,4-5,15-16H2,1-3H3;1H. The van der Waals surface area contributed by atoms with Crippen LogP contribution in [-0.4, -0.2) is 43.8 Å². The van der Waals surface area contributed by atoms with E-state index in [1.807, 2.05) is 6.07 Å². The van der Waals surface area contributed by atoms with Crippen molar-refractivity contribution in [3.8, 4) is 0 Å². The fraction of sp³-hybridized carbons (Fsp3) is 0.375. The molecule has 0 aliphatic heterocycles. The number of benzene rings is 2. The monoisotopic (exact) mass is 429 g/mol. The first-order chi connectivity index (χ1) is 14.0. The number of carbonyl (C=O) groups excluding carboxylic acids is 3. The summed E-state index contributed by atoms with van der Waals surface area (Å²) < 4.78 is 5.53. The fourth-order valence-electron chi connectivity index (χ4n) is 4.21. The lowest BCUT2D eigenvalue weighted by Gasteiger charge is -2.31. The van der Waals surface area contributed by atoms with Gasteiger partial charge in [0, 0.05) is 11.1 Å². The first-order valence-corrected chi connectivity index (χ1v) is 10.2. The van der Waals surface area contributed by atoms with Gasteiger partial charge in [-0.15, -0.1) is 0 Å². The molecule has 1 N–H and O–H groups in total. The van der Waals surface area contributed by atoms with Crippen molar-refractivity contribution in [3.05, 3.63) is 71.3 Å². The first kappa shape index (κ1) is 23.8. The summed E-state index contributed by atoms with van der Waals surface area (Å²) in [6.45, 7) is 8.66. The predicted octanol–water partition coefficient (Wildman–Crippen LogP) is -0.888. The third kappa shape index (κ3) is 3.92. The third-order valence-electron chi connectivity index (χ3n) is 6.06. The van der Waals surface area contributed by atoms with Gasteiger partial charge in [-0.05, 0) is 19.4 Å². The molecule has 6 heteroatoms. The molecule has 1 aliphatic carbocycles. The Hall–Kier alpha value is -2.50. The molecule has 1 atom stereocenters. The molecule has 0 saturated heterocycles. The van der Waals surface area contributed by atoms with E-state index < -0.39 is 17.3 Å². The lowest BCUT2D eigenvalue weighted by atomic mass is 9.67. The lowest BCUT2D eigenvalue weighted by Crippen LogP contribution is -3.11. The van der Waals surface area contributed by atoms with Crippen LogP contribution in [0.3, 0.4) is 0 Å². The van der Waals surface area contributed by atoms with E-state index >= 15 is 0 Å². The Morgan fingerprint density at radius 1 is 0.933 bits per heavy atom. The average Bonchev–Trinajstić information content (AvgIpc) is 2.99. The van der Waals surface area contributed by atoms with Crippen LogP contribution in [0.5, 0.6) is 0 Å². The van der Waals surface area contributed by atoms with Crippen molar-refractivity contribution in [2.75, 3.05) is 26.2 Å². The van der Waals surface area contributed by atoms with Crippen LogP contribution in [0.4, 0.5) is 0 Å². The normalized spacial score (nSPS) is 15.5. The molecule has 0 spiro atoms. The Morgan fingerprint density at radius 2 is 1.43 bits per heavy atom. The minimum Gasteiger partial charge on any atom is -1.00 e. The van der Waals surface area contributed by atoms with Gasteiger partial charge in [-0.25, -0.2) is 0 Å². The van der Waals surface area contributed by atoms with Gasteiger partial charge in [-0.2, -0.15) is 0 Å². The number of halogens is 1. The zero-order valence-electron chi connectivity index (χ0n) is 17.6. The van der Waals surface area contributed by atoms with Crippen molar-refractivity contribution in [2.24, 2.45) is 5.92 Å². The highest BCUT2D eigenvalue weighted by molar-refractivity contribution is 6.34. The van der Waals surface area contributed by atoms with Crippen molar-refractivity contribution in [3.63, 3.8) is 0 Å². The molecule has 3 rings (SSSR count). The summed E-state index contributed by atoms with van der Waals surface area (Å²) in [6, 6.07) is 15.7. The van der Waals surface area contributed by atoms with Crippen molar-refractivity contribution in [1.82, 2.24) is 0 Å². The predicted molar refractivity (Wildman–Crippen MR) is 110 cm³/mol. The molecule has 5 nitrogen and oxygen atoms in total. The summed E-state index contributed by atoms with van der Waals surface area (Å²) in [5.41, 5.74) is -0.309. The average molecular weight is 430 g/mol. The maximum atomic E-state index is 13.5. The number of nitrogens with one attached hydrogen (secondary N) is 1. The minimum atomic E-state index is -1.58. The molecule has 2 aromatic carbocycles. The van der Waals surface area contributed by atoms with Crippen molar-refractivity contribution in [2.45, 2.75) is 26.2 Å². The van der Waals surface area contributed by atoms with E-state index in [0.717, 1.165) is 13.1 Å². The molecule has 0 fully saturated rings. The smallest absolute Gasteiger partial charge is 0.310 e. The highest BCUT2D eigenvalue weighted by Crippen LogP contribution is 2.45. The highest BCUT2D eigenvalue weighted by atomic mass is 35.5. The van der Waals surface area contributed by atoms with Crippen LogP contribution in [-0.2, 0) is 14.9 Å². The number of likely N-dealkylation sites (N-methyl/N-ethyl adjacent to an activating group) is 1. The van der Waals surface area contributed by atoms with E-state index in [0.29, 0.717) is 23.2 Å². The van der Waals surface area contributed by atoms with Crippen LogP contribution in [0.15, 0.2) is 54.6 Å². The van der Waals surface area contributed by atoms with Gasteiger partial charge in [0.2, 0.25) is 0 Å². The zero-order chi connectivity index (χ0) is 21.0. The summed E-state index contributed by atoms with van der Waals surface area (Å²) in [5.74, 6) is -2.11. The van der Waals surface area contributed by atoms with Gasteiger partial charge >= 0.3 is 5.97 Å². The molecule has 1 unspecified atom stereocenters. The maximum Gasteiger partial charge on any atom is 0.310 e. The molecule has 30 heavy (non-hydrogen) atoms. The van der Waals surface area contributed by atoms with Crippen LogP contribution in [0.25, 0.3) is 0 Å². The van der Waals surface area contributed by atoms with Gasteiger partial charge in [0.1, 0.15) is 18.6 Å². The SMILES string of the molecule is CC[NH+](CC)CCOC(=O)C(C)C1(c2ccccc2)C(=O)c2ccccc2C1=O.[Cl-]. The lowest BCUT2D eigenvalue weighted by molar-refractivity contribution is -0.896. The van der Waals surface area contributed by atoms with Gasteiger partial charge < -0.3 is 22.0 Å². The second kappa shape index (κ2) is 10.0. The Bertz CT molecular complexity index is 873. The molecule has 0 saturated carbocycles. The molecular weight excluding hydrogens is 402 g/mol. The number of esters is 1. The van der Waals surface area contributed by atoms with Crippen LogP contribution in [0.1, 0.15) is 47.1 Å². The molecule has 0 bridgehead atoms. The van der Waals surface area contributed by atoms with Crippen LogP contribution in [0.2, 0.25) is 0 Å². The molecule has 160 valence electrons. The van der Waals surface area contributed by atoms with E-state index in [-0.39, 0.29) is 30.6 Å². The highest BCUT2D eigenvalue weighted by Gasteiger charge is 2.59. The Morgan fingerprint density at radius 3 is 1.93 bits per heavy atom.